The van der Waals surface area contributed by atoms with Gasteiger partial charge < -0.3 is 20.0 Å². The van der Waals surface area contributed by atoms with Gasteiger partial charge in [0.2, 0.25) is 5.91 Å². The van der Waals surface area contributed by atoms with E-state index >= 15 is 0 Å². The molecule has 0 aromatic rings. The molecular weight excluding hydrogens is 240 g/mol. The fourth-order valence-electron chi connectivity index (χ4n) is 1.61. The van der Waals surface area contributed by atoms with E-state index in [-0.39, 0.29) is 13.1 Å². The predicted octanol–water partition coefficient (Wildman–Crippen LogP) is -1.14. The van der Waals surface area contributed by atoms with E-state index in [1.807, 2.05) is 0 Å². The molecule has 18 heavy (non-hydrogen) atoms. The molecule has 7 nitrogen and oxygen atoms in total. The Kier molecular flexibility index (Phi) is 4.15. The second kappa shape index (κ2) is 5.24. The molecule has 1 N–H and O–H groups in total. The predicted molar refractivity (Wildman–Crippen MR) is 59.4 cm³/mol. The quantitative estimate of drug-likeness (QED) is 0.674. The van der Waals surface area contributed by atoms with Gasteiger partial charge in [0.05, 0.1) is 0 Å². The Bertz CT molecular complexity index is 361. The summed E-state index contributed by atoms with van der Waals surface area (Å²) in [5.74, 6) is -1.89. The molecule has 1 heterocycles. The number of rotatable bonds is 2. The third-order valence-electron chi connectivity index (χ3n) is 2.32. The molecule has 2 amide bonds. The molecule has 1 aliphatic heterocycles. The average Bonchev–Trinajstić information content (AvgIpc) is 2.17. The zero-order valence-corrected chi connectivity index (χ0v) is 10.7. The van der Waals surface area contributed by atoms with Crippen LogP contribution < -0.4 is 10.4 Å². The summed E-state index contributed by atoms with van der Waals surface area (Å²) in [6.07, 6.45) is -1.23. The van der Waals surface area contributed by atoms with E-state index in [1.54, 1.807) is 20.8 Å². The van der Waals surface area contributed by atoms with Crippen molar-refractivity contribution < 1.29 is 24.2 Å². The van der Waals surface area contributed by atoms with Crippen LogP contribution in [0.25, 0.3) is 0 Å². The number of nitrogens with zero attached hydrogens (tertiary/aromatic N) is 1. The molecular formula is C11H17N2O5-. The monoisotopic (exact) mass is 257 g/mol. The number of carboxylic acid groups (broad SMARTS) is 1. The Labute approximate surface area is 105 Å². The second-order valence-corrected chi connectivity index (χ2v) is 5.06. The van der Waals surface area contributed by atoms with Crippen LogP contribution in [0.5, 0.6) is 0 Å². The average molecular weight is 257 g/mol. The SMILES string of the molecule is CC(C)(C)OC(=O)N1CCNC(=O)[C@@H]1CC(=O)[O-]. The molecule has 0 aromatic carbocycles. The number of piperazine rings is 1. The summed E-state index contributed by atoms with van der Waals surface area (Å²) in [5, 5.41) is 13.1. The van der Waals surface area contributed by atoms with Crippen molar-refractivity contribution in [2.75, 3.05) is 13.1 Å². The minimum absolute atomic E-state index is 0.221. The molecule has 0 aliphatic carbocycles. The topological polar surface area (TPSA) is 98.8 Å². The maximum atomic E-state index is 11.9. The highest BCUT2D eigenvalue weighted by atomic mass is 16.6. The third-order valence-corrected chi connectivity index (χ3v) is 2.32. The van der Waals surface area contributed by atoms with E-state index in [0.717, 1.165) is 4.90 Å². The summed E-state index contributed by atoms with van der Waals surface area (Å²) in [5.41, 5.74) is -0.697. The first-order valence-electron chi connectivity index (χ1n) is 5.68. The second-order valence-electron chi connectivity index (χ2n) is 5.06. The molecule has 0 aromatic heterocycles. The van der Waals surface area contributed by atoms with Crippen LogP contribution in [0.3, 0.4) is 0 Å². The van der Waals surface area contributed by atoms with Crippen molar-refractivity contribution in [2.45, 2.75) is 38.8 Å². The molecule has 0 saturated carbocycles. The van der Waals surface area contributed by atoms with Gasteiger partial charge in [0.25, 0.3) is 0 Å². The van der Waals surface area contributed by atoms with Crippen molar-refractivity contribution in [2.24, 2.45) is 0 Å². The maximum Gasteiger partial charge on any atom is 0.411 e. The van der Waals surface area contributed by atoms with Gasteiger partial charge in [0.15, 0.2) is 0 Å². The highest BCUT2D eigenvalue weighted by Crippen LogP contribution is 2.15. The zero-order valence-electron chi connectivity index (χ0n) is 10.7. The Morgan fingerprint density at radius 1 is 1.50 bits per heavy atom. The lowest BCUT2D eigenvalue weighted by atomic mass is 10.1. The van der Waals surface area contributed by atoms with E-state index in [1.165, 1.54) is 0 Å². The van der Waals surface area contributed by atoms with Gasteiger partial charge in [-0.05, 0) is 20.8 Å². The minimum Gasteiger partial charge on any atom is -0.550 e. The minimum atomic E-state index is -1.38. The lowest BCUT2D eigenvalue weighted by molar-refractivity contribution is -0.306. The van der Waals surface area contributed by atoms with Crippen molar-refractivity contribution in [3.63, 3.8) is 0 Å². The van der Waals surface area contributed by atoms with Crippen molar-refractivity contribution >= 4 is 18.0 Å². The van der Waals surface area contributed by atoms with E-state index in [4.69, 9.17) is 4.74 Å². The highest BCUT2D eigenvalue weighted by Gasteiger charge is 2.35. The highest BCUT2D eigenvalue weighted by molar-refractivity contribution is 5.89. The van der Waals surface area contributed by atoms with Gasteiger partial charge in [-0.25, -0.2) is 4.79 Å². The van der Waals surface area contributed by atoms with Gasteiger partial charge in [-0.3, -0.25) is 9.69 Å². The number of hydrogen-bond donors (Lipinski definition) is 1. The molecule has 102 valence electrons. The number of nitrogens with one attached hydrogen (secondary N) is 1. The van der Waals surface area contributed by atoms with Crippen molar-refractivity contribution in [3.05, 3.63) is 0 Å². The molecule has 1 saturated heterocycles. The number of amides is 2. The van der Waals surface area contributed by atoms with Crippen LogP contribution >= 0.6 is 0 Å². The molecule has 1 rings (SSSR count). The lowest BCUT2D eigenvalue weighted by Crippen LogP contribution is -2.59. The number of aliphatic carboxylic acids is 1. The lowest BCUT2D eigenvalue weighted by Gasteiger charge is -2.36. The Morgan fingerprint density at radius 3 is 2.61 bits per heavy atom. The number of ether oxygens (including phenoxy) is 1. The van der Waals surface area contributed by atoms with Gasteiger partial charge in [-0.2, -0.15) is 0 Å². The van der Waals surface area contributed by atoms with E-state index in [2.05, 4.69) is 5.32 Å². The summed E-state index contributed by atoms with van der Waals surface area (Å²) in [7, 11) is 0. The smallest absolute Gasteiger partial charge is 0.411 e. The van der Waals surface area contributed by atoms with Crippen molar-refractivity contribution in [3.8, 4) is 0 Å². The largest absolute Gasteiger partial charge is 0.550 e. The van der Waals surface area contributed by atoms with E-state index in [0.29, 0.717) is 0 Å². The van der Waals surface area contributed by atoms with Gasteiger partial charge in [0.1, 0.15) is 11.6 Å². The Balaban J connectivity index is 2.79. The maximum absolute atomic E-state index is 11.9. The molecule has 0 radical (unpaired) electrons. The summed E-state index contributed by atoms with van der Waals surface area (Å²) in [6, 6.07) is -1.07. The number of hydrogen-bond acceptors (Lipinski definition) is 5. The van der Waals surface area contributed by atoms with Crippen molar-refractivity contribution in [1.82, 2.24) is 10.2 Å². The fraction of sp³-hybridized carbons (Fsp3) is 0.727. The van der Waals surface area contributed by atoms with Gasteiger partial charge in [-0.15, -0.1) is 0 Å². The Morgan fingerprint density at radius 2 is 2.11 bits per heavy atom. The van der Waals surface area contributed by atoms with Crippen molar-refractivity contribution in [1.29, 1.82) is 0 Å². The van der Waals surface area contributed by atoms with Gasteiger partial charge in [0, 0.05) is 25.5 Å². The normalized spacial score (nSPS) is 20.3. The standard InChI is InChI=1S/C11H18N2O5/c1-11(2,3)18-10(17)13-5-4-12-9(16)7(13)6-8(14)15/h7H,4-6H2,1-3H3,(H,12,16)(H,14,15)/p-1/t7-/m0/s1. The van der Waals surface area contributed by atoms with Gasteiger partial charge in [-0.1, -0.05) is 0 Å². The number of carbonyl (C=O) groups is 3. The summed E-state index contributed by atoms with van der Waals surface area (Å²) in [6.45, 7) is 5.59. The molecule has 1 aliphatic rings. The fourth-order valence-corrected chi connectivity index (χ4v) is 1.61. The van der Waals surface area contributed by atoms with E-state index in [9.17, 15) is 19.5 Å². The van der Waals surface area contributed by atoms with Crippen LogP contribution in [0.1, 0.15) is 27.2 Å². The number of carbonyl (C=O) groups excluding carboxylic acids is 3. The summed E-state index contributed by atoms with van der Waals surface area (Å²) >= 11 is 0. The van der Waals surface area contributed by atoms with Gasteiger partial charge >= 0.3 is 6.09 Å². The third kappa shape index (κ3) is 3.90. The first-order valence-corrected chi connectivity index (χ1v) is 5.68. The van der Waals surface area contributed by atoms with Crippen LogP contribution in [0, 0.1) is 0 Å². The molecule has 0 bridgehead atoms. The Hall–Kier alpha value is -1.79. The molecule has 1 atom stereocenters. The van der Waals surface area contributed by atoms with Crippen LogP contribution in [-0.4, -0.2) is 47.6 Å². The number of carboxylic acids is 1. The molecule has 7 heteroatoms. The van der Waals surface area contributed by atoms with Crippen LogP contribution in [0.4, 0.5) is 4.79 Å². The first-order chi connectivity index (χ1) is 8.20. The molecule has 1 fully saturated rings. The first kappa shape index (κ1) is 14.3. The summed E-state index contributed by atoms with van der Waals surface area (Å²) in [4.78, 5) is 35.1. The molecule has 0 spiro atoms. The van der Waals surface area contributed by atoms with E-state index < -0.39 is 36.0 Å². The summed E-state index contributed by atoms with van der Waals surface area (Å²) < 4.78 is 5.13. The zero-order chi connectivity index (χ0) is 13.9. The van der Waals surface area contributed by atoms with Crippen LogP contribution in [-0.2, 0) is 14.3 Å². The van der Waals surface area contributed by atoms with Crippen LogP contribution in [0.15, 0.2) is 0 Å². The molecule has 0 unspecified atom stereocenters. The van der Waals surface area contributed by atoms with Crippen LogP contribution in [0.2, 0.25) is 0 Å².